The summed E-state index contributed by atoms with van der Waals surface area (Å²) >= 11 is 6.48. The summed E-state index contributed by atoms with van der Waals surface area (Å²) in [7, 11) is 1.67. The first-order valence-electron chi connectivity index (χ1n) is 10.5. The predicted octanol–water partition coefficient (Wildman–Crippen LogP) is 5.49. The number of fused-ring (bicyclic) bond motifs is 2. The molecular weight excluding hydrogens is 410 g/mol. The van der Waals surface area contributed by atoms with Gasteiger partial charge in [-0.05, 0) is 66.8 Å². The SMILES string of the molecule is COc1ccc2nc(Cl)c(CN3CCC(Oc4ccc5cnccc5c4)CC3)cc2c1. The molecule has 0 radical (unpaired) electrons. The number of hydrogen-bond donors (Lipinski definition) is 0. The van der Waals surface area contributed by atoms with E-state index in [1.807, 2.05) is 42.7 Å². The molecule has 2 aromatic heterocycles. The van der Waals surface area contributed by atoms with Crippen molar-refractivity contribution >= 4 is 33.3 Å². The van der Waals surface area contributed by atoms with Gasteiger partial charge in [-0.2, -0.15) is 0 Å². The summed E-state index contributed by atoms with van der Waals surface area (Å²) in [5.74, 6) is 1.75. The Bertz CT molecular complexity index is 1220. The lowest BCUT2D eigenvalue weighted by atomic mass is 10.1. The fourth-order valence-corrected chi connectivity index (χ4v) is 4.37. The third-order valence-corrected chi connectivity index (χ3v) is 6.22. The minimum atomic E-state index is 0.227. The fourth-order valence-electron chi connectivity index (χ4n) is 4.17. The van der Waals surface area contributed by atoms with E-state index in [1.165, 1.54) is 0 Å². The average molecular weight is 434 g/mol. The maximum Gasteiger partial charge on any atom is 0.134 e. The van der Waals surface area contributed by atoms with Gasteiger partial charge < -0.3 is 9.47 Å². The molecule has 0 saturated carbocycles. The van der Waals surface area contributed by atoms with Crippen LogP contribution in [0.2, 0.25) is 5.15 Å². The van der Waals surface area contributed by atoms with Crippen LogP contribution >= 0.6 is 11.6 Å². The van der Waals surface area contributed by atoms with Crippen molar-refractivity contribution in [1.29, 1.82) is 0 Å². The topological polar surface area (TPSA) is 47.5 Å². The number of methoxy groups -OCH3 is 1. The Balaban J connectivity index is 1.22. The van der Waals surface area contributed by atoms with Crippen molar-refractivity contribution < 1.29 is 9.47 Å². The highest BCUT2D eigenvalue weighted by molar-refractivity contribution is 6.30. The van der Waals surface area contributed by atoms with Crippen molar-refractivity contribution in [3.63, 3.8) is 0 Å². The molecule has 31 heavy (non-hydrogen) atoms. The molecule has 5 rings (SSSR count). The average Bonchev–Trinajstić information content (AvgIpc) is 2.80. The summed E-state index contributed by atoms with van der Waals surface area (Å²) in [6.07, 6.45) is 5.89. The summed E-state index contributed by atoms with van der Waals surface area (Å²) in [5, 5.41) is 3.90. The van der Waals surface area contributed by atoms with Crippen LogP contribution in [0.1, 0.15) is 18.4 Å². The molecule has 1 aliphatic rings. The summed E-state index contributed by atoms with van der Waals surface area (Å²) in [4.78, 5) is 11.1. The van der Waals surface area contributed by atoms with Gasteiger partial charge in [0.2, 0.25) is 0 Å². The van der Waals surface area contributed by atoms with Gasteiger partial charge in [-0.1, -0.05) is 11.6 Å². The molecule has 0 aliphatic carbocycles. The van der Waals surface area contributed by atoms with Crippen LogP contribution in [0.4, 0.5) is 0 Å². The second kappa shape index (κ2) is 8.69. The van der Waals surface area contributed by atoms with Crippen molar-refractivity contribution in [3.05, 3.63) is 71.6 Å². The van der Waals surface area contributed by atoms with Crippen LogP contribution < -0.4 is 9.47 Å². The van der Waals surface area contributed by atoms with Crippen LogP contribution in [-0.4, -0.2) is 41.2 Å². The van der Waals surface area contributed by atoms with Crippen molar-refractivity contribution in [2.45, 2.75) is 25.5 Å². The monoisotopic (exact) mass is 433 g/mol. The maximum absolute atomic E-state index is 6.48. The Hall–Kier alpha value is -2.89. The van der Waals surface area contributed by atoms with Crippen LogP contribution in [0.5, 0.6) is 11.5 Å². The van der Waals surface area contributed by atoms with Crippen LogP contribution in [0.15, 0.2) is 60.9 Å². The van der Waals surface area contributed by atoms with E-state index in [2.05, 4.69) is 33.1 Å². The number of halogens is 1. The van der Waals surface area contributed by atoms with Crippen LogP contribution in [0.3, 0.4) is 0 Å². The van der Waals surface area contributed by atoms with Crippen LogP contribution in [-0.2, 0) is 6.54 Å². The third-order valence-electron chi connectivity index (χ3n) is 5.89. The quantitative estimate of drug-likeness (QED) is 0.389. The Morgan fingerprint density at radius 2 is 1.77 bits per heavy atom. The molecule has 158 valence electrons. The molecule has 0 atom stereocenters. The first-order valence-corrected chi connectivity index (χ1v) is 10.9. The van der Waals surface area contributed by atoms with E-state index in [1.54, 1.807) is 7.11 Å². The van der Waals surface area contributed by atoms with Gasteiger partial charge in [-0.15, -0.1) is 0 Å². The normalized spacial score (nSPS) is 15.4. The molecule has 1 saturated heterocycles. The lowest BCUT2D eigenvalue weighted by Gasteiger charge is -2.32. The smallest absolute Gasteiger partial charge is 0.134 e. The zero-order chi connectivity index (χ0) is 21.2. The molecule has 4 aromatic rings. The highest BCUT2D eigenvalue weighted by Crippen LogP contribution is 2.27. The lowest BCUT2D eigenvalue weighted by Crippen LogP contribution is -2.37. The highest BCUT2D eigenvalue weighted by Gasteiger charge is 2.21. The number of aromatic nitrogens is 2. The van der Waals surface area contributed by atoms with Crippen molar-refractivity contribution in [1.82, 2.24) is 14.9 Å². The standard InChI is InChI=1S/C25H24ClN3O2/c1-30-22-4-5-24-19(14-22)12-20(25(26)28-24)16-29-10-7-21(8-11-29)31-23-3-2-18-15-27-9-6-17(18)13-23/h2-6,9,12-15,21H,7-8,10-11,16H2,1H3. The van der Waals surface area contributed by atoms with E-state index >= 15 is 0 Å². The number of ether oxygens (including phenoxy) is 2. The Labute approximate surface area is 186 Å². The minimum absolute atomic E-state index is 0.227. The summed E-state index contributed by atoms with van der Waals surface area (Å²) in [6, 6.07) is 16.2. The Morgan fingerprint density at radius 1 is 0.968 bits per heavy atom. The van der Waals surface area contributed by atoms with E-state index < -0.39 is 0 Å². The van der Waals surface area contributed by atoms with Gasteiger partial charge in [0, 0.05) is 48.4 Å². The number of benzene rings is 2. The molecule has 1 aliphatic heterocycles. The number of piperidine rings is 1. The fraction of sp³-hybridized carbons (Fsp3) is 0.280. The molecule has 1 fully saturated rings. The zero-order valence-electron chi connectivity index (χ0n) is 17.4. The summed E-state index contributed by atoms with van der Waals surface area (Å²) < 4.78 is 11.6. The lowest BCUT2D eigenvalue weighted by molar-refractivity contribution is 0.0969. The first-order chi connectivity index (χ1) is 15.2. The predicted molar refractivity (Wildman–Crippen MR) is 124 cm³/mol. The van der Waals surface area contributed by atoms with Crippen molar-refractivity contribution in [2.75, 3.05) is 20.2 Å². The van der Waals surface area contributed by atoms with Gasteiger partial charge in [0.25, 0.3) is 0 Å². The first kappa shape index (κ1) is 20.0. The molecule has 0 unspecified atom stereocenters. The largest absolute Gasteiger partial charge is 0.497 e. The van der Waals surface area contributed by atoms with Gasteiger partial charge in [0.05, 0.1) is 12.6 Å². The number of pyridine rings is 2. The molecule has 0 N–H and O–H groups in total. The molecule has 0 amide bonds. The maximum atomic E-state index is 6.48. The molecule has 6 heteroatoms. The second-order valence-corrected chi connectivity index (χ2v) is 8.33. The van der Waals surface area contributed by atoms with E-state index in [-0.39, 0.29) is 6.10 Å². The van der Waals surface area contributed by atoms with Gasteiger partial charge in [0.15, 0.2) is 0 Å². The minimum Gasteiger partial charge on any atom is -0.497 e. The van der Waals surface area contributed by atoms with Crippen molar-refractivity contribution in [3.8, 4) is 11.5 Å². The van der Waals surface area contributed by atoms with E-state index in [0.29, 0.717) is 5.15 Å². The van der Waals surface area contributed by atoms with E-state index in [9.17, 15) is 0 Å². The Morgan fingerprint density at radius 3 is 2.61 bits per heavy atom. The molecule has 2 aromatic carbocycles. The van der Waals surface area contributed by atoms with Crippen LogP contribution in [0.25, 0.3) is 21.7 Å². The summed E-state index contributed by atoms with van der Waals surface area (Å²) in [5.41, 5.74) is 1.93. The van der Waals surface area contributed by atoms with Crippen molar-refractivity contribution in [2.24, 2.45) is 0 Å². The second-order valence-electron chi connectivity index (χ2n) is 7.97. The summed E-state index contributed by atoms with van der Waals surface area (Å²) in [6.45, 7) is 2.72. The van der Waals surface area contributed by atoms with Crippen LogP contribution in [0, 0.1) is 0 Å². The van der Waals surface area contributed by atoms with E-state index in [0.717, 1.165) is 71.2 Å². The van der Waals surface area contributed by atoms with Gasteiger partial charge in [0.1, 0.15) is 22.8 Å². The van der Waals surface area contributed by atoms with Gasteiger partial charge in [-0.3, -0.25) is 9.88 Å². The molecular formula is C25H24ClN3O2. The number of rotatable bonds is 5. The Kier molecular flexibility index (Phi) is 5.62. The van der Waals surface area contributed by atoms with Gasteiger partial charge >= 0.3 is 0 Å². The molecule has 0 spiro atoms. The molecule has 0 bridgehead atoms. The van der Waals surface area contributed by atoms with Gasteiger partial charge in [-0.25, -0.2) is 4.98 Å². The highest BCUT2D eigenvalue weighted by atomic mass is 35.5. The zero-order valence-corrected chi connectivity index (χ0v) is 18.2. The number of nitrogens with zero attached hydrogens (tertiary/aromatic N) is 3. The van der Waals surface area contributed by atoms with E-state index in [4.69, 9.17) is 21.1 Å². The molecule has 3 heterocycles. The number of hydrogen-bond acceptors (Lipinski definition) is 5. The number of likely N-dealkylation sites (tertiary alicyclic amines) is 1. The third kappa shape index (κ3) is 4.43. The molecule has 5 nitrogen and oxygen atoms in total.